The Labute approximate surface area is 630 Å². The van der Waals surface area contributed by atoms with Crippen molar-refractivity contribution in [1.29, 1.82) is 0 Å². The molecule has 20 rings (SSSR count). The first-order valence-electron chi connectivity index (χ1n) is 37.3. The Morgan fingerprint density at radius 3 is 0.556 bits per heavy atom. The average molecular weight is 1370 g/mol. The summed E-state index contributed by atoms with van der Waals surface area (Å²) in [5, 5.41) is 15.0. The van der Waals surface area contributed by atoms with E-state index < -0.39 is 0 Å². The van der Waals surface area contributed by atoms with Crippen LogP contribution in [0.4, 0.5) is 0 Å². The van der Waals surface area contributed by atoms with E-state index in [0.29, 0.717) is 0 Å². The van der Waals surface area contributed by atoms with E-state index in [1.807, 2.05) is 0 Å². The highest BCUT2D eigenvalue weighted by atomic mass is 14.3. The van der Waals surface area contributed by atoms with Crippen LogP contribution in [0.2, 0.25) is 0 Å². The van der Waals surface area contributed by atoms with Crippen molar-refractivity contribution in [3.05, 3.63) is 437 Å². The lowest BCUT2D eigenvalue weighted by atomic mass is 9.84. The smallest absolute Gasteiger partial charge is 0.00259 e. The summed E-state index contributed by atoms with van der Waals surface area (Å²) >= 11 is 0. The molecule has 0 radical (unpaired) electrons. The molecule has 20 aromatic rings. The minimum Gasteiger partial charge on any atom is -0.0622 e. The third kappa shape index (κ3) is 12.6. The first kappa shape index (κ1) is 64.8. The molecule has 0 spiro atoms. The minimum atomic E-state index is 1.21. The molecule has 20 aromatic carbocycles. The molecule has 0 saturated heterocycles. The Hall–Kier alpha value is -14.0. The van der Waals surface area contributed by atoms with Crippen LogP contribution in [0.5, 0.6) is 0 Å². The SMILES string of the molecule is c1ccc(-c2ccc(-c3ccc4ccc(-c5c6ccccc6c(-c6cc(-c7ccccc7)cc(-c7ccccc7)c6)c6ccccc56)cc4c3)cc2)cc1.c1ccc(-c2cccc(-c3ccc4ccc(-c5c6ccccc6c(-c6cc(-c7ccccc7)cc(-c7ccccc7)c6)c6ccccc56)cc4c3)c2)cc1. The maximum atomic E-state index is 2.39. The number of benzene rings is 20. The van der Waals surface area contributed by atoms with Gasteiger partial charge >= 0.3 is 0 Å². The number of rotatable bonds is 12. The molecule has 0 aliphatic rings. The van der Waals surface area contributed by atoms with Crippen LogP contribution < -0.4 is 0 Å². The van der Waals surface area contributed by atoms with Crippen molar-refractivity contribution in [2.75, 3.05) is 0 Å². The van der Waals surface area contributed by atoms with Crippen molar-refractivity contribution in [3.63, 3.8) is 0 Å². The van der Waals surface area contributed by atoms with Gasteiger partial charge in [-0.1, -0.05) is 370 Å². The molecule has 0 heteroatoms. The Balaban J connectivity index is 0.000000147. The summed E-state index contributed by atoms with van der Waals surface area (Å²) in [4.78, 5) is 0. The van der Waals surface area contributed by atoms with E-state index >= 15 is 0 Å². The summed E-state index contributed by atoms with van der Waals surface area (Å²) in [5.74, 6) is 0. The summed E-state index contributed by atoms with van der Waals surface area (Å²) < 4.78 is 0. The summed E-state index contributed by atoms with van der Waals surface area (Å²) in [6.07, 6.45) is 0. The van der Waals surface area contributed by atoms with E-state index in [0.717, 1.165) is 0 Å². The van der Waals surface area contributed by atoms with Crippen molar-refractivity contribution in [2.45, 2.75) is 0 Å². The Morgan fingerprint density at radius 1 is 0.0833 bits per heavy atom. The topological polar surface area (TPSA) is 0 Å². The lowest BCUT2D eigenvalue weighted by Gasteiger charge is -2.19. The van der Waals surface area contributed by atoms with Gasteiger partial charge in [0.15, 0.2) is 0 Å². The second-order valence-electron chi connectivity index (χ2n) is 28.2. The van der Waals surface area contributed by atoms with Crippen molar-refractivity contribution in [1.82, 2.24) is 0 Å². The van der Waals surface area contributed by atoms with Crippen LogP contribution in [0.3, 0.4) is 0 Å². The van der Waals surface area contributed by atoms with E-state index in [-0.39, 0.29) is 0 Å². The van der Waals surface area contributed by atoms with Gasteiger partial charge in [-0.2, -0.15) is 0 Å². The third-order valence-corrected chi connectivity index (χ3v) is 21.6. The predicted molar refractivity (Wildman–Crippen MR) is 463 cm³/mol. The molecule has 0 nitrogen and oxygen atoms in total. The molecular formula is C108H72. The van der Waals surface area contributed by atoms with Gasteiger partial charge in [0.25, 0.3) is 0 Å². The first-order chi connectivity index (χ1) is 53.5. The van der Waals surface area contributed by atoms with Crippen LogP contribution in [-0.2, 0) is 0 Å². The lowest BCUT2D eigenvalue weighted by molar-refractivity contribution is 1.58. The molecule has 0 fully saturated rings. The van der Waals surface area contributed by atoms with Gasteiger partial charge in [-0.3, -0.25) is 0 Å². The van der Waals surface area contributed by atoms with E-state index in [9.17, 15) is 0 Å². The van der Waals surface area contributed by atoms with Gasteiger partial charge in [-0.15, -0.1) is 0 Å². The second kappa shape index (κ2) is 28.5. The highest BCUT2D eigenvalue weighted by Gasteiger charge is 2.22. The van der Waals surface area contributed by atoms with Crippen LogP contribution in [0.25, 0.3) is 198 Å². The van der Waals surface area contributed by atoms with Gasteiger partial charge in [-0.05, 0) is 265 Å². The third-order valence-electron chi connectivity index (χ3n) is 21.6. The molecule has 0 amide bonds. The van der Waals surface area contributed by atoms with Gasteiger partial charge < -0.3 is 0 Å². The van der Waals surface area contributed by atoms with Gasteiger partial charge in [-0.25, -0.2) is 0 Å². The summed E-state index contributed by atoms with van der Waals surface area (Å²) in [6, 6.07) is 160. The lowest BCUT2D eigenvalue weighted by Crippen LogP contribution is -1.92. The summed E-state index contributed by atoms with van der Waals surface area (Å²) in [5.41, 5.74) is 29.4. The van der Waals surface area contributed by atoms with E-state index in [1.165, 1.54) is 198 Å². The zero-order valence-corrected chi connectivity index (χ0v) is 59.6. The molecular weight excluding hydrogens is 1300 g/mol. The molecule has 0 atom stereocenters. The molecule has 108 heavy (non-hydrogen) atoms. The van der Waals surface area contributed by atoms with Gasteiger partial charge in [0.05, 0.1) is 0 Å². The number of hydrogen-bond donors (Lipinski definition) is 0. The molecule has 0 heterocycles. The zero-order valence-electron chi connectivity index (χ0n) is 59.6. The van der Waals surface area contributed by atoms with Crippen LogP contribution in [0.15, 0.2) is 437 Å². The predicted octanol–water partition coefficient (Wildman–Crippen LogP) is 30.3. The van der Waals surface area contributed by atoms with Crippen LogP contribution in [-0.4, -0.2) is 0 Å². The normalized spacial score (nSPS) is 11.3. The van der Waals surface area contributed by atoms with Crippen LogP contribution >= 0.6 is 0 Å². The van der Waals surface area contributed by atoms with Crippen molar-refractivity contribution in [2.24, 2.45) is 0 Å². The minimum absolute atomic E-state index is 1.21. The molecule has 0 bridgehead atoms. The Morgan fingerprint density at radius 2 is 0.250 bits per heavy atom. The van der Waals surface area contributed by atoms with Crippen molar-refractivity contribution >= 4 is 64.6 Å². The van der Waals surface area contributed by atoms with Crippen LogP contribution in [0, 0.1) is 0 Å². The van der Waals surface area contributed by atoms with E-state index in [1.54, 1.807) is 0 Å². The Kier molecular flexibility index (Phi) is 17.1. The highest BCUT2D eigenvalue weighted by molar-refractivity contribution is 6.24. The fraction of sp³-hybridized carbons (Fsp3) is 0. The zero-order chi connectivity index (χ0) is 71.7. The second-order valence-corrected chi connectivity index (χ2v) is 28.2. The molecule has 0 aliphatic heterocycles. The maximum absolute atomic E-state index is 2.39. The molecule has 0 unspecified atom stereocenters. The van der Waals surface area contributed by atoms with Gasteiger partial charge in [0.1, 0.15) is 0 Å². The molecule has 0 aromatic heterocycles. The number of hydrogen-bond acceptors (Lipinski definition) is 0. The largest absolute Gasteiger partial charge is 0.0622 e. The average Bonchev–Trinajstić information content (AvgIpc) is 0.734. The standard InChI is InChI=1S/2C54H36/c1-4-15-37(16-5-1)41-21-14-22-42(31-41)43-29-27-40-28-30-44(33-45(40)32-43)53-49-23-10-12-25-51(49)54(52-26-13-11-24-50(52)53)48-35-46(38-17-6-2-7-18-38)34-47(36-48)39-19-8-3-9-20-39;1-4-14-37(15-5-1)40-24-26-41(27-25-40)43-30-28-42-29-31-44(33-45(42)32-43)53-49-20-10-12-22-51(49)54(52-23-13-11-21-50(52)53)48-35-46(38-16-6-2-7-17-38)34-47(36-48)39-18-8-3-9-19-39/h2*1-36H. The van der Waals surface area contributed by atoms with Gasteiger partial charge in [0, 0.05) is 0 Å². The summed E-state index contributed by atoms with van der Waals surface area (Å²) in [7, 11) is 0. The van der Waals surface area contributed by atoms with E-state index in [2.05, 4.69) is 437 Å². The summed E-state index contributed by atoms with van der Waals surface area (Å²) in [6.45, 7) is 0. The first-order valence-corrected chi connectivity index (χ1v) is 37.3. The van der Waals surface area contributed by atoms with Gasteiger partial charge in [0.2, 0.25) is 0 Å². The fourth-order valence-electron chi connectivity index (χ4n) is 16.4. The van der Waals surface area contributed by atoms with Crippen molar-refractivity contribution in [3.8, 4) is 134 Å². The molecule has 0 aliphatic carbocycles. The molecule has 0 N–H and O–H groups in total. The molecule has 0 saturated carbocycles. The maximum Gasteiger partial charge on any atom is -0.00259 e. The quantitative estimate of drug-likeness (QED) is 0.107. The molecule has 504 valence electrons. The monoisotopic (exact) mass is 1370 g/mol. The van der Waals surface area contributed by atoms with Crippen molar-refractivity contribution < 1.29 is 0 Å². The Bertz CT molecular complexity index is 6490. The van der Waals surface area contributed by atoms with E-state index in [4.69, 9.17) is 0 Å². The highest BCUT2D eigenvalue weighted by Crippen LogP contribution is 2.49. The number of fused-ring (bicyclic) bond motifs is 6. The fourth-order valence-corrected chi connectivity index (χ4v) is 16.4. The van der Waals surface area contributed by atoms with Crippen LogP contribution in [0.1, 0.15) is 0 Å².